The van der Waals surface area contributed by atoms with E-state index in [1.807, 2.05) is 24.3 Å². The molecule has 1 N–H and O–H groups in total. The van der Waals surface area contributed by atoms with Crippen LogP contribution >= 0.6 is 11.3 Å². The predicted octanol–water partition coefficient (Wildman–Crippen LogP) is 4.24. The van der Waals surface area contributed by atoms with E-state index in [4.69, 9.17) is 0 Å². The van der Waals surface area contributed by atoms with Crippen LogP contribution < -0.4 is 4.90 Å². The monoisotopic (exact) mass is 474 g/mol. The van der Waals surface area contributed by atoms with E-state index in [0.29, 0.717) is 30.3 Å². The summed E-state index contributed by atoms with van der Waals surface area (Å²) in [5.41, 5.74) is 1.80. The van der Waals surface area contributed by atoms with Crippen molar-refractivity contribution in [3.05, 3.63) is 83.0 Å². The van der Waals surface area contributed by atoms with Crippen LogP contribution in [0.3, 0.4) is 0 Å². The molecule has 8 heteroatoms. The zero-order valence-electron chi connectivity index (χ0n) is 18.1. The third kappa shape index (κ3) is 4.88. The lowest BCUT2D eigenvalue weighted by Gasteiger charge is -2.42. The number of sulfonamides is 1. The molecule has 0 spiro atoms. The first-order valence-electron chi connectivity index (χ1n) is 10.5. The summed E-state index contributed by atoms with van der Waals surface area (Å²) in [6, 6.07) is 17.4. The maximum atomic E-state index is 13.4. The molecular weight excluding hydrogens is 447 g/mol. The van der Waals surface area contributed by atoms with E-state index in [0.717, 1.165) is 16.8 Å². The van der Waals surface area contributed by atoms with Gasteiger partial charge in [0.1, 0.15) is 10.0 Å². The quantitative estimate of drug-likeness (QED) is 0.581. The van der Waals surface area contributed by atoms with Gasteiger partial charge in [-0.25, -0.2) is 12.8 Å². The van der Waals surface area contributed by atoms with Gasteiger partial charge in [0, 0.05) is 31.4 Å². The molecule has 1 fully saturated rings. The Morgan fingerprint density at radius 2 is 1.75 bits per heavy atom. The Labute approximate surface area is 192 Å². The Balaban J connectivity index is 1.62. The molecule has 0 bridgehead atoms. The van der Waals surface area contributed by atoms with Crippen LogP contribution in [0.15, 0.2) is 70.3 Å². The zero-order chi connectivity index (χ0) is 22.9. The third-order valence-electron chi connectivity index (χ3n) is 5.82. The number of rotatable bonds is 6. The van der Waals surface area contributed by atoms with Gasteiger partial charge in [-0.05, 0) is 67.1 Å². The van der Waals surface area contributed by atoms with Gasteiger partial charge in [0.15, 0.2) is 0 Å². The van der Waals surface area contributed by atoms with Gasteiger partial charge in [-0.1, -0.05) is 30.3 Å². The first kappa shape index (κ1) is 22.9. The van der Waals surface area contributed by atoms with E-state index in [-0.39, 0.29) is 11.9 Å². The van der Waals surface area contributed by atoms with Crippen molar-refractivity contribution in [2.75, 3.05) is 24.5 Å². The summed E-state index contributed by atoms with van der Waals surface area (Å²) in [5, 5.41) is 12.0. The number of benzene rings is 2. The van der Waals surface area contributed by atoms with Gasteiger partial charge in [0.05, 0.1) is 5.60 Å². The SMILES string of the molecule is CC(C)(O)c1ccc(N2CCN(S(=O)(=O)c3cccs3)C[C@@H]2Cc2ccc(F)cc2)cc1. The maximum Gasteiger partial charge on any atom is 0.252 e. The van der Waals surface area contributed by atoms with Crippen molar-refractivity contribution in [3.8, 4) is 0 Å². The van der Waals surface area contributed by atoms with Gasteiger partial charge in [-0.15, -0.1) is 11.3 Å². The van der Waals surface area contributed by atoms with Crippen LogP contribution in [0.4, 0.5) is 10.1 Å². The summed E-state index contributed by atoms with van der Waals surface area (Å²) in [6.07, 6.45) is 0.587. The number of aliphatic hydroxyl groups is 1. The van der Waals surface area contributed by atoms with Gasteiger partial charge in [0.25, 0.3) is 10.0 Å². The summed E-state index contributed by atoms with van der Waals surface area (Å²) >= 11 is 1.22. The fraction of sp³-hybridized carbons (Fsp3) is 0.333. The smallest absolute Gasteiger partial charge is 0.252 e. The second kappa shape index (κ2) is 8.94. The predicted molar refractivity (Wildman–Crippen MR) is 126 cm³/mol. The van der Waals surface area contributed by atoms with Gasteiger partial charge < -0.3 is 10.0 Å². The molecule has 0 unspecified atom stereocenters. The average molecular weight is 475 g/mol. The Morgan fingerprint density at radius 1 is 1.06 bits per heavy atom. The first-order valence-corrected chi connectivity index (χ1v) is 12.8. The van der Waals surface area contributed by atoms with Gasteiger partial charge >= 0.3 is 0 Å². The second-order valence-corrected chi connectivity index (χ2v) is 11.7. The average Bonchev–Trinajstić information content (AvgIpc) is 3.31. The number of thiophene rings is 1. The number of anilines is 1. The third-order valence-corrected chi connectivity index (χ3v) is 9.06. The van der Waals surface area contributed by atoms with E-state index in [9.17, 15) is 17.9 Å². The minimum absolute atomic E-state index is 0.114. The number of nitrogens with zero attached hydrogens (tertiary/aromatic N) is 2. The van der Waals surface area contributed by atoms with Crippen molar-refractivity contribution in [2.24, 2.45) is 0 Å². The lowest BCUT2D eigenvalue weighted by atomic mass is 9.97. The Morgan fingerprint density at radius 3 is 2.34 bits per heavy atom. The van der Waals surface area contributed by atoms with E-state index in [1.54, 1.807) is 47.8 Å². The molecule has 0 radical (unpaired) electrons. The molecule has 0 amide bonds. The fourth-order valence-corrected chi connectivity index (χ4v) is 6.66. The van der Waals surface area contributed by atoms with Crippen LogP contribution in [0, 0.1) is 5.82 Å². The normalized spacial score (nSPS) is 18.1. The highest BCUT2D eigenvalue weighted by molar-refractivity contribution is 7.91. The minimum atomic E-state index is -3.55. The Hall–Kier alpha value is -2.26. The molecule has 170 valence electrons. The van der Waals surface area contributed by atoms with Crippen molar-refractivity contribution in [1.82, 2.24) is 4.31 Å². The van der Waals surface area contributed by atoms with Crippen molar-refractivity contribution in [1.29, 1.82) is 0 Å². The molecule has 0 aliphatic carbocycles. The highest BCUT2D eigenvalue weighted by Crippen LogP contribution is 2.29. The zero-order valence-corrected chi connectivity index (χ0v) is 19.7. The van der Waals surface area contributed by atoms with E-state index < -0.39 is 15.6 Å². The van der Waals surface area contributed by atoms with E-state index in [2.05, 4.69) is 4.90 Å². The molecule has 1 atom stereocenters. The molecule has 3 aromatic rings. The van der Waals surface area contributed by atoms with Crippen LogP contribution in [0.25, 0.3) is 0 Å². The minimum Gasteiger partial charge on any atom is -0.386 e. The lowest BCUT2D eigenvalue weighted by molar-refractivity contribution is 0.0786. The summed E-state index contributed by atoms with van der Waals surface area (Å²) < 4.78 is 41.6. The number of hydrogen-bond acceptors (Lipinski definition) is 5. The van der Waals surface area contributed by atoms with Crippen LogP contribution in [-0.2, 0) is 22.0 Å². The molecule has 2 heterocycles. The summed E-state index contributed by atoms with van der Waals surface area (Å²) in [5.74, 6) is -0.293. The molecule has 1 aromatic heterocycles. The molecule has 1 saturated heterocycles. The van der Waals surface area contributed by atoms with Crippen LogP contribution in [-0.4, -0.2) is 43.5 Å². The van der Waals surface area contributed by atoms with Crippen molar-refractivity contribution < 1.29 is 17.9 Å². The number of piperazine rings is 1. The Bertz CT molecular complexity index is 1140. The van der Waals surface area contributed by atoms with Crippen LogP contribution in [0.2, 0.25) is 0 Å². The van der Waals surface area contributed by atoms with Crippen molar-refractivity contribution in [2.45, 2.75) is 36.1 Å². The second-order valence-electron chi connectivity index (χ2n) is 8.58. The van der Waals surface area contributed by atoms with E-state index >= 15 is 0 Å². The summed E-state index contributed by atoms with van der Waals surface area (Å²) in [7, 11) is -3.55. The molecule has 1 aliphatic heterocycles. The molecule has 4 rings (SSSR count). The van der Waals surface area contributed by atoms with Gasteiger partial charge in [-0.3, -0.25) is 0 Å². The molecule has 0 saturated carbocycles. The Kier molecular flexibility index (Phi) is 6.40. The van der Waals surface area contributed by atoms with E-state index in [1.165, 1.54) is 23.5 Å². The lowest BCUT2D eigenvalue weighted by Crippen LogP contribution is -2.55. The molecular formula is C24H27FN2O3S2. The van der Waals surface area contributed by atoms with Crippen LogP contribution in [0.1, 0.15) is 25.0 Å². The molecule has 1 aliphatic rings. The molecule has 32 heavy (non-hydrogen) atoms. The maximum absolute atomic E-state index is 13.4. The first-order chi connectivity index (χ1) is 15.1. The highest BCUT2D eigenvalue weighted by Gasteiger charge is 2.35. The van der Waals surface area contributed by atoms with Gasteiger partial charge in [-0.2, -0.15) is 4.31 Å². The standard InChI is InChI=1S/C24H27FN2O3S2/c1-24(2,28)19-7-11-21(12-8-19)27-14-13-26(32(29,30)23-4-3-15-31-23)17-22(27)16-18-5-9-20(25)10-6-18/h3-12,15,22,28H,13-14,16-17H2,1-2H3/t22-/m0/s1. The number of hydrogen-bond donors (Lipinski definition) is 1. The molecule has 5 nitrogen and oxygen atoms in total. The van der Waals surface area contributed by atoms with Gasteiger partial charge in [0.2, 0.25) is 0 Å². The molecule has 2 aromatic carbocycles. The van der Waals surface area contributed by atoms with Crippen LogP contribution in [0.5, 0.6) is 0 Å². The summed E-state index contributed by atoms with van der Waals surface area (Å²) in [6.45, 7) is 4.75. The summed E-state index contributed by atoms with van der Waals surface area (Å²) in [4.78, 5) is 2.21. The van der Waals surface area contributed by atoms with Crippen molar-refractivity contribution >= 4 is 27.0 Å². The fourth-order valence-electron chi connectivity index (χ4n) is 4.05. The topological polar surface area (TPSA) is 60.9 Å². The van der Waals surface area contributed by atoms with Crippen molar-refractivity contribution in [3.63, 3.8) is 0 Å². The number of halogens is 1. The highest BCUT2D eigenvalue weighted by atomic mass is 32.2. The largest absolute Gasteiger partial charge is 0.386 e.